The Morgan fingerprint density at radius 3 is 2.64 bits per heavy atom. The van der Waals surface area contributed by atoms with Gasteiger partial charge < -0.3 is 19.9 Å². The molecule has 1 saturated heterocycles. The van der Waals surface area contributed by atoms with Crippen LogP contribution in [0.2, 0.25) is 0 Å². The van der Waals surface area contributed by atoms with E-state index in [-0.39, 0.29) is 11.9 Å². The summed E-state index contributed by atoms with van der Waals surface area (Å²) in [4.78, 5) is 15.2. The number of nitrogens with zero attached hydrogens (tertiary/aromatic N) is 1. The Bertz CT molecular complexity index is 573. The quantitative estimate of drug-likeness (QED) is 0.729. The number of anilines is 1. The summed E-state index contributed by atoms with van der Waals surface area (Å²) in [6.07, 6.45) is -4.34. The molecule has 0 aromatic heterocycles. The number of hydrogen-bond acceptors (Lipinski definition) is 3. The van der Waals surface area contributed by atoms with Gasteiger partial charge in [-0.25, -0.2) is 0 Å². The number of benzene rings is 1. The van der Waals surface area contributed by atoms with Crippen LogP contribution >= 0.6 is 0 Å². The molecule has 1 aromatic carbocycles. The van der Waals surface area contributed by atoms with Crippen LogP contribution in [-0.2, 0) is 15.7 Å². The number of carbonyl (C=O) groups is 1. The third-order valence-electron chi connectivity index (χ3n) is 4.56. The first-order chi connectivity index (χ1) is 11.8. The van der Waals surface area contributed by atoms with Gasteiger partial charge in [-0.15, -0.1) is 0 Å². The molecule has 1 amide bonds. The molecule has 8 heteroatoms. The minimum absolute atomic E-state index is 0.0282. The largest absolute Gasteiger partial charge is 0.416 e. The van der Waals surface area contributed by atoms with Crippen molar-refractivity contribution in [2.45, 2.75) is 19.1 Å². The number of carbonyl (C=O) groups excluding carboxylic acids is 1. The molecule has 0 spiro atoms. The Balaban J connectivity index is 1.90. The first kappa shape index (κ1) is 19.5. The van der Waals surface area contributed by atoms with E-state index in [9.17, 15) is 18.0 Å². The average Bonchev–Trinajstić information content (AvgIpc) is 2.61. The van der Waals surface area contributed by atoms with Gasteiger partial charge in [0.2, 0.25) is 0 Å². The van der Waals surface area contributed by atoms with Gasteiger partial charge in [-0.05, 0) is 25.1 Å². The number of halogens is 3. The van der Waals surface area contributed by atoms with Crippen LogP contribution in [0.5, 0.6) is 0 Å². The van der Waals surface area contributed by atoms with E-state index in [1.807, 2.05) is 11.8 Å². The van der Waals surface area contributed by atoms with Gasteiger partial charge in [0.25, 0.3) is 5.91 Å². The molecule has 1 fully saturated rings. The molecule has 5 nitrogen and oxygen atoms in total. The highest BCUT2D eigenvalue weighted by atomic mass is 19.4. The summed E-state index contributed by atoms with van der Waals surface area (Å²) in [5.74, 6) is -0.0282. The SMILES string of the molecule is COCCNC(=O)[C@@H](C)[NH+]1CCN(c2cccc(C(F)(F)F)c2)CC1. The number of alkyl halides is 3. The third kappa shape index (κ3) is 5.34. The van der Waals surface area contributed by atoms with Crippen LogP contribution in [0.15, 0.2) is 24.3 Å². The summed E-state index contributed by atoms with van der Waals surface area (Å²) in [6, 6.07) is 5.20. The second-order valence-electron chi connectivity index (χ2n) is 6.20. The number of amides is 1. The minimum Gasteiger partial charge on any atom is -0.383 e. The molecule has 2 rings (SSSR count). The van der Waals surface area contributed by atoms with E-state index < -0.39 is 11.7 Å². The Kier molecular flexibility index (Phi) is 6.66. The van der Waals surface area contributed by atoms with Crippen LogP contribution in [0.4, 0.5) is 18.9 Å². The molecule has 2 N–H and O–H groups in total. The lowest BCUT2D eigenvalue weighted by Gasteiger charge is -2.36. The number of quaternary nitrogens is 1. The summed E-state index contributed by atoms with van der Waals surface area (Å²) in [5.41, 5.74) is -0.0586. The van der Waals surface area contributed by atoms with Gasteiger partial charge in [0.1, 0.15) is 0 Å². The van der Waals surface area contributed by atoms with E-state index in [1.165, 1.54) is 12.1 Å². The normalized spacial score (nSPS) is 17.4. The highest BCUT2D eigenvalue weighted by Crippen LogP contribution is 2.31. The smallest absolute Gasteiger partial charge is 0.383 e. The van der Waals surface area contributed by atoms with Crippen molar-refractivity contribution < 1.29 is 27.6 Å². The van der Waals surface area contributed by atoms with E-state index in [1.54, 1.807) is 13.2 Å². The Hall–Kier alpha value is -1.80. The molecular formula is C17H25F3N3O2+. The van der Waals surface area contributed by atoms with Crippen molar-refractivity contribution in [3.8, 4) is 0 Å². The predicted molar refractivity (Wildman–Crippen MR) is 88.7 cm³/mol. The summed E-state index contributed by atoms with van der Waals surface area (Å²) in [6.45, 7) is 5.46. The summed E-state index contributed by atoms with van der Waals surface area (Å²) < 4.78 is 43.4. The minimum atomic E-state index is -4.34. The van der Waals surface area contributed by atoms with Crippen molar-refractivity contribution in [1.82, 2.24) is 5.32 Å². The zero-order valence-corrected chi connectivity index (χ0v) is 14.5. The van der Waals surface area contributed by atoms with Crippen LogP contribution in [0, 0.1) is 0 Å². The summed E-state index contributed by atoms with van der Waals surface area (Å²) in [5, 5.41) is 2.82. The molecule has 0 bridgehead atoms. The topological polar surface area (TPSA) is 46.0 Å². The van der Waals surface area contributed by atoms with E-state index in [0.29, 0.717) is 45.0 Å². The van der Waals surface area contributed by atoms with Crippen molar-refractivity contribution >= 4 is 11.6 Å². The van der Waals surface area contributed by atoms with Gasteiger partial charge in [-0.2, -0.15) is 13.2 Å². The number of nitrogens with one attached hydrogen (secondary N) is 2. The lowest BCUT2D eigenvalue weighted by atomic mass is 10.1. The van der Waals surface area contributed by atoms with Gasteiger partial charge in [0.05, 0.1) is 38.3 Å². The van der Waals surface area contributed by atoms with E-state index in [0.717, 1.165) is 11.0 Å². The van der Waals surface area contributed by atoms with Crippen LogP contribution < -0.4 is 15.1 Å². The molecule has 0 radical (unpaired) electrons. The fourth-order valence-electron chi connectivity index (χ4n) is 2.98. The van der Waals surface area contributed by atoms with Crippen LogP contribution in [0.3, 0.4) is 0 Å². The third-order valence-corrected chi connectivity index (χ3v) is 4.56. The highest BCUT2D eigenvalue weighted by Gasteiger charge is 2.32. The van der Waals surface area contributed by atoms with Gasteiger partial charge in [-0.3, -0.25) is 4.79 Å². The fraction of sp³-hybridized carbons (Fsp3) is 0.588. The lowest BCUT2D eigenvalue weighted by molar-refractivity contribution is -0.914. The second kappa shape index (κ2) is 8.53. The molecule has 0 unspecified atom stereocenters. The summed E-state index contributed by atoms with van der Waals surface area (Å²) in [7, 11) is 1.58. The Morgan fingerprint density at radius 1 is 1.36 bits per heavy atom. The van der Waals surface area contributed by atoms with Crippen LogP contribution in [0.25, 0.3) is 0 Å². The van der Waals surface area contributed by atoms with Gasteiger partial charge in [-0.1, -0.05) is 6.07 Å². The zero-order valence-electron chi connectivity index (χ0n) is 14.5. The van der Waals surface area contributed by atoms with Crippen molar-refractivity contribution in [2.75, 3.05) is 51.3 Å². The molecule has 1 atom stereocenters. The number of ether oxygens (including phenoxy) is 1. The van der Waals surface area contributed by atoms with Crippen molar-refractivity contribution in [2.24, 2.45) is 0 Å². The monoisotopic (exact) mass is 360 g/mol. The first-order valence-corrected chi connectivity index (χ1v) is 8.36. The lowest BCUT2D eigenvalue weighted by Crippen LogP contribution is -3.19. The second-order valence-corrected chi connectivity index (χ2v) is 6.20. The maximum atomic E-state index is 12.8. The maximum absolute atomic E-state index is 12.8. The van der Waals surface area contributed by atoms with Crippen LogP contribution in [-0.4, -0.2) is 58.4 Å². The Morgan fingerprint density at radius 2 is 2.04 bits per heavy atom. The van der Waals surface area contributed by atoms with E-state index >= 15 is 0 Å². The van der Waals surface area contributed by atoms with Gasteiger partial charge >= 0.3 is 6.18 Å². The Labute approximate surface area is 145 Å². The molecule has 1 aliphatic rings. The molecule has 25 heavy (non-hydrogen) atoms. The van der Waals surface area contributed by atoms with Crippen LogP contribution in [0.1, 0.15) is 12.5 Å². The number of hydrogen-bond donors (Lipinski definition) is 2. The molecule has 0 saturated carbocycles. The maximum Gasteiger partial charge on any atom is 0.416 e. The zero-order chi connectivity index (χ0) is 18.4. The van der Waals surface area contributed by atoms with Crippen molar-refractivity contribution in [1.29, 1.82) is 0 Å². The highest BCUT2D eigenvalue weighted by molar-refractivity contribution is 5.79. The number of rotatable bonds is 6. The first-order valence-electron chi connectivity index (χ1n) is 8.36. The molecule has 140 valence electrons. The molecule has 1 heterocycles. The number of methoxy groups -OCH3 is 1. The molecule has 1 aliphatic heterocycles. The summed E-state index contributed by atoms with van der Waals surface area (Å²) >= 11 is 0. The predicted octanol–water partition coefficient (Wildman–Crippen LogP) is 0.561. The standard InChI is InChI=1S/C17H24F3N3O2/c1-13(16(24)21-6-11-25-2)22-7-9-23(10-8-22)15-5-3-4-14(12-15)17(18,19)20/h3-5,12-13H,6-11H2,1-2H3,(H,21,24)/p+1/t13-/m1/s1. The molecular weight excluding hydrogens is 335 g/mol. The fourth-order valence-corrected chi connectivity index (χ4v) is 2.98. The number of piperazine rings is 1. The van der Waals surface area contributed by atoms with Gasteiger partial charge in [0.15, 0.2) is 6.04 Å². The van der Waals surface area contributed by atoms with E-state index in [2.05, 4.69) is 5.32 Å². The average molecular weight is 360 g/mol. The van der Waals surface area contributed by atoms with Crippen molar-refractivity contribution in [3.63, 3.8) is 0 Å². The van der Waals surface area contributed by atoms with E-state index in [4.69, 9.17) is 4.74 Å². The molecule has 0 aliphatic carbocycles. The van der Waals surface area contributed by atoms with Crippen molar-refractivity contribution in [3.05, 3.63) is 29.8 Å². The molecule has 1 aromatic rings. The van der Waals surface area contributed by atoms with Gasteiger partial charge in [0, 0.05) is 19.3 Å².